The van der Waals surface area contributed by atoms with Crippen LogP contribution in [0.4, 0.5) is 8.78 Å². The van der Waals surface area contributed by atoms with Gasteiger partial charge in [-0.3, -0.25) is 4.99 Å². The smallest absolute Gasteiger partial charge is 0.142 e. The van der Waals surface area contributed by atoms with Crippen LogP contribution in [0.5, 0.6) is 0 Å². The number of amidine groups is 1. The minimum Gasteiger partial charge on any atom is -0.384 e. The Hall–Kier alpha value is -1.89. The molecule has 1 aromatic rings. The molecule has 0 bridgehead atoms. The van der Waals surface area contributed by atoms with E-state index in [0.717, 1.165) is 12.1 Å². The normalized spacial score (nSPS) is 11.1. The van der Waals surface area contributed by atoms with Gasteiger partial charge < -0.3 is 5.73 Å². The van der Waals surface area contributed by atoms with Crippen LogP contribution in [0.15, 0.2) is 17.1 Å². The summed E-state index contributed by atoms with van der Waals surface area (Å²) >= 11 is 0. The lowest BCUT2D eigenvalue weighted by molar-refractivity contribution is 0.577. The molecule has 0 saturated heterocycles. The zero-order valence-corrected chi connectivity index (χ0v) is 7.51. The predicted molar refractivity (Wildman–Crippen MR) is 50.9 cm³/mol. The molecule has 0 saturated carbocycles. The second kappa shape index (κ2) is 3.88. The van der Waals surface area contributed by atoms with Crippen LogP contribution in [-0.2, 0) is 0 Å². The van der Waals surface area contributed by atoms with Crippen LogP contribution in [0.1, 0.15) is 11.1 Å². The first-order valence-corrected chi connectivity index (χ1v) is 3.78. The number of terminal acetylenes is 1. The van der Waals surface area contributed by atoms with Crippen LogP contribution in [0.2, 0.25) is 0 Å². The summed E-state index contributed by atoms with van der Waals surface area (Å²) < 4.78 is 26.2. The molecule has 0 radical (unpaired) electrons. The van der Waals surface area contributed by atoms with E-state index in [1.807, 2.05) is 5.92 Å². The highest BCUT2D eigenvalue weighted by Gasteiger charge is 2.10. The Morgan fingerprint density at radius 3 is 2.29 bits per heavy atom. The highest BCUT2D eigenvalue weighted by atomic mass is 19.1. The van der Waals surface area contributed by atoms with Crippen molar-refractivity contribution in [1.29, 1.82) is 0 Å². The number of aliphatic imine (C=N–C) groups is 1. The lowest BCUT2D eigenvalue weighted by atomic mass is 10.1. The van der Waals surface area contributed by atoms with E-state index in [1.54, 1.807) is 0 Å². The number of rotatable bonds is 1. The SMILES string of the molecule is C#Cc1c(F)cc(C(N)=NC)cc1F. The number of benzene rings is 1. The molecule has 4 heteroatoms. The van der Waals surface area contributed by atoms with Crippen molar-refractivity contribution in [2.24, 2.45) is 10.7 Å². The summed E-state index contributed by atoms with van der Waals surface area (Å²) in [4.78, 5) is 3.61. The van der Waals surface area contributed by atoms with Crippen molar-refractivity contribution in [3.05, 3.63) is 34.9 Å². The van der Waals surface area contributed by atoms with Gasteiger partial charge in [-0.25, -0.2) is 8.78 Å². The first-order valence-electron chi connectivity index (χ1n) is 3.78. The largest absolute Gasteiger partial charge is 0.384 e. The number of nitrogens with zero attached hydrogens (tertiary/aromatic N) is 1. The van der Waals surface area contributed by atoms with Gasteiger partial charge in [0.25, 0.3) is 0 Å². The van der Waals surface area contributed by atoms with Gasteiger partial charge in [0, 0.05) is 12.6 Å². The van der Waals surface area contributed by atoms with Crippen LogP contribution in [-0.4, -0.2) is 12.9 Å². The molecule has 0 atom stereocenters. The van der Waals surface area contributed by atoms with Gasteiger partial charge in [-0.1, -0.05) is 5.92 Å². The van der Waals surface area contributed by atoms with Gasteiger partial charge in [0.1, 0.15) is 17.5 Å². The van der Waals surface area contributed by atoms with Gasteiger partial charge >= 0.3 is 0 Å². The molecule has 0 fully saturated rings. The van der Waals surface area contributed by atoms with Crippen molar-refractivity contribution in [3.8, 4) is 12.3 Å². The summed E-state index contributed by atoms with van der Waals surface area (Å²) in [6.07, 6.45) is 4.92. The Balaban J connectivity index is 3.37. The Morgan fingerprint density at radius 2 is 1.93 bits per heavy atom. The molecule has 0 spiro atoms. The lowest BCUT2D eigenvalue weighted by Gasteiger charge is -2.02. The summed E-state index contributed by atoms with van der Waals surface area (Å²) in [5, 5.41) is 0. The van der Waals surface area contributed by atoms with Crippen molar-refractivity contribution >= 4 is 5.84 Å². The Morgan fingerprint density at radius 1 is 1.43 bits per heavy atom. The van der Waals surface area contributed by atoms with Crippen LogP contribution < -0.4 is 5.73 Å². The average Bonchev–Trinajstić information content (AvgIpc) is 2.16. The summed E-state index contributed by atoms with van der Waals surface area (Å²) in [5.41, 5.74) is 5.18. The van der Waals surface area contributed by atoms with E-state index in [9.17, 15) is 8.78 Å². The number of hydrogen-bond acceptors (Lipinski definition) is 1. The Labute approximate surface area is 80.5 Å². The maximum Gasteiger partial charge on any atom is 0.142 e. The van der Waals surface area contributed by atoms with Crippen LogP contribution in [0.25, 0.3) is 0 Å². The second-order valence-electron chi connectivity index (χ2n) is 2.57. The summed E-state index contributed by atoms with van der Waals surface area (Å²) in [6, 6.07) is 2.11. The van der Waals surface area contributed by atoms with Gasteiger partial charge in [-0.05, 0) is 12.1 Å². The molecule has 1 aromatic carbocycles. The van der Waals surface area contributed by atoms with Gasteiger partial charge in [0.15, 0.2) is 0 Å². The zero-order valence-electron chi connectivity index (χ0n) is 7.51. The Bertz CT molecular complexity index is 407. The van der Waals surface area contributed by atoms with Gasteiger partial charge in [-0.15, -0.1) is 6.42 Å². The Kier molecular flexibility index (Phi) is 2.82. The highest BCUT2D eigenvalue weighted by Crippen LogP contribution is 2.14. The molecule has 0 amide bonds. The zero-order chi connectivity index (χ0) is 10.7. The summed E-state index contributed by atoms with van der Waals surface area (Å²) in [6.45, 7) is 0. The molecule has 0 unspecified atom stereocenters. The molecule has 0 aliphatic heterocycles. The third-order valence-electron chi connectivity index (χ3n) is 1.72. The van der Waals surface area contributed by atoms with Crippen molar-refractivity contribution in [1.82, 2.24) is 0 Å². The van der Waals surface area contributed by atoms with Crippen molar-refractivity contribution in [3.63, 3.8) is 0 Å². The van der Waals surface area contributed by atoms with Crippen molar-refractivity contribution in [2.45, 2.75) is 0 Å². The topological polar surface area (TPSA) is 38.4 Å². The fourth-order valence-electron chi connectivity index (χ4n) is 0.988. The lowest BCUT2D eigenvalue weighted by Crippen LogP contribution is -2.14. The molecule has 14 heavy (non-hydrogen) atoms. The maximum absolute atomic E-state index is 13.1. The number of halogens is 2. The predicted octanol–water partition coefficient (Wildman–Crippen LogP) is 1.28. The van der Waals surface area contributed by atoms with E-state index in [4.69, 9.17) is 12.2 Å². The first-order chi connectivity index (χ1) is 6.60. The van der Waals surface area contributed by atoms with Crippen molar-refractivity contribution in [2.75, 3.05) is 7.05 Å². The average molecular weight is 194 g/mol. The molecular formula is C10H8F2N2. The van der Waals surface area contributed by atoms with Crippen molar-refractivity contribution < 1.29 is 8.78 Å². The van der Waals surface area contributed by atoms with E-state index in [2.05, 4.69) is 4.99 Å². The van der Waals surface area contributed by atoms with Gasteiger partial charge in [0.2, 0.25) is 0 Å². The van der Waals surface area contributed by atoms with Gasteiger partial charge in [-0.2, -0.15) is 0 Å². The van der Waals surface area contributed by atoms with Gasteiger partial charge in [0.05, 0.1) is 5.56 Å². The monoisotopic (exact) mass is 194 g/mol. The van der Waals surface area contributed by atoms with Crippen LogP contribution in [0.3, 0.4) is 0 Å². The highest BCUT2D eigenvalue weighted by molar-refractivity contribution is 5.97. The van der Waals surface area contributed by atoms with E-state index < -0.39 is 17.2 Å². The minimum absolute atomic E-state index is 0.0615. The molecular weight excluding hydrogens is 186 g/mol. The number of hydrogen-bond donors (Lipinski definition) is 1. The van der Waals surface area contributed by atoms with Crippen LogP contribution >= 0.6 is 0 Å². The second-order valence-corrected chi connectivity index (χ2v) is 2.57. The fraction of sp³-hybridized carbons (Fsp3) is 0.100. The number of nitrogens with two attached hydrogens (primary N) is 1. The molecule has 0 aliphatic carbocycles. The quantitative estimate of drug-likeness (QED) is 0.408. The third kappa shape index (κ3) is 1.72. The first kappa shape index (κ1) is 10.2. The molecule has 72 valence electrons. The third-order valence-corrected chi connectivity index (χ3v) is 1.72. The summed E-state index contributed by atoms with van der Waals surface area (Å²) in [7, 11) is 1.43. The van der Waals surface area contributed by atoms with E-state index >= 15 is 0 Å². The van der Waals surface area contributed by atoms with Crippen LogP contribution in [0, 0.1) is 24.0 Å². The molecule has 0 aromatic heterocycles. The standard InChI is InChI=1S/C10H8F2N2/c1-3-7-8(11)4-6(5-9(7)12)10(13)14-2/h1,4-5H,2H3,(H2,13,14). The minimum atomic E-state index is -0.811. The molecule has 2 N–H and O–H groups in total. The van der Waals surface area contributed by atoms with E-state index in [-0.39, 0.29) is 11.4 Å². The summed E-state index contributed by atoms with van der Waals surface area (Å²) in [5.74, 6) is 0.356. The van der Waals surface area contributed by atoms with E-state index in [1.165, 1.54) is 7.05 Å². The van der Waals surface area contributed by atoms with E-state index in [0.29, 0.717) is 0 Å². The molecule has 1 rings (SSSR count). The molecule has 2 nitrogen and oxygen atoms in total. The molecule has 0 aliphatic rings. The molecule has 0 heterocycles. The maximum atomic E-state index is 13.1. The fourth-order valence-corrected chi connectivity index (χ4v) is 0.988.